The highest BCUT2D eigenvalue weighted by Gasteiger charge is 2.14. The van der Waals surface area contributed by atoms with Crippen LogP contribution < -0.4 is 10.2 Å². The van der Waals surface area contributed by atoms with Gasteiger partial charge in [0.25, 0.3) is 6.01 Å². The van der Waals surface area contributed by atoms with Gasteiger partial charge in [0, 0.05) is 6.54 Å². The molecule has 6 nitrogen and oxygen atoms in total. The van der Waals surface area contributed by atoms with Crippen LogP contribution in [0.25, 0.3) is 10.2 Å². The van der Waals surface area contributed by atoms with Crippen LogP contribution in [0.15, 0.2) is 11.1 Å². The summed E-state index contributed by atoms with van der Waals surface area (Å²) >= 11 is 7.29. The van der Waals surface area contributed by atoms with Crippen LogP contribution in [0.1, 0.15) is 26.7 Å². The van der Waals surface area contributed by atoms with Crippen LogP contribution in [-0.4, -0.2) is 27.4 Å². The number of carbonyl (C=O) groups is 1. The molecule has 0 aliphatic carbocycles. The summed E-state index contributed by atoms with van der Waals surface area (Å²) in [6, 6.07) is 2.07. The van der Waals surface area contributed by atoms with Crippen molar-refractivity contribution in [3.05, 3.63) is 15.9 Å². The Kier molecular flexibility index (Phi) is 5.19. The number of amides is 1. The standard InChI is InChI=1S/C13H16ClN3O3S/c1-3-5-17-10(15-13(18)19)8-7-9(14)21-11(8)16-12(17)20-6-4-2/h7H,3-6H2,1-2H3,(H,18,19). The Balaban J connectivity index is 2.76. The van der Waals surface area contributed by atoms with Crippen molar-refractivity contribution >= 4 is 39.2 Å². The molecule has 0 aromatic carbocycles. The molecule has 2 aromatic heterocycles. The lowest BCUT2D eigenvalue weighted by atomic mass is 10.4. The predicted molar refractivity (Wildman–Crippen MR) is 82.3 cm³/mol. The van der Waals surface area contributed by atoms with Gasteiger partial charge in [0.15, 0.2) is 5.49 Å². The number of carboxylic acid groups (broad SMARTS) is 1. The number of ether oxygens (including phenoxy) is 1. The van der Waals surface area contributed by atoms with Crippen LogP contribution >= 0.6 is 22.9 Å². The van der Waals surface area contributed by atoms with Gasteiger partial charge in [-0.05, 0) is 18.9 Å². The number of halogens is 1. The van der Waals surface area contributed by atoms with Crippen molar-refractivity contribution in [1.29, 1.82) is 0 Å². The number of fused-ring (bicyclic) bond motifs is 1. The molecule has 0 bridgehead atoms. The zero-order valence-electron chi connectivity index (χ0n) is 11.8. The molecule has 2 aromatic rings. The van der Waals surface area contributed by atoms with Crippen LogP contribution in [0.2, 0.25) is 4.34 Å². The Hall–Kier alpha value is -1.60. The van der Waals surface area contributed by atoms with Crippen molar-refractivity contribution in [3.63, 3.8) is 0 Å². The van der Waals surface area contributed by atoms with Gasteiger partial charge in [-0.2, -0.15) is 9.98 Å². The monoisotopic (exact) mass is 329 g/mol. The third-order valence-corrected chi connectivity index (χ3v) is 3.85. The Labute approximate surface area is 130 Å². The van der Waals surface area contributed by atoms with Crippen molar-refractivity contribution in [3.8, 4) is 6.01 Å². The average Bonchev–Trinajstić information content (AvgIpc) is 2.79. The van der Waals surface area contributed by atoms with Crippen molar-refractivity contribution in [2.45, 2.75) is 33.2 Å². The second-order valence-corrected chi connectivity index (χ2v) is 6.04. The molecule has 114 valence electrons. The summed E-state index contributed by atoms with van der Waals surface area (Å²) in [6.07, 6.45) is 0.388. The minimum atomic E-state index is -1.25. The molecule has 0 spiro atoms. The Morgan fingerprint density at radius 2 is 2.29 bits per heavy atom. The molecular weight excluding hydrogens is 314 g/mol. The molecule has 0 aliphatic heterocycles. The van der Waals surface area contributed by atoms with E-state index in [1.807, 2.05) is 13.8 Å². The first-order valence-corrected chi connectivity index (χ1v) is 7.86. The molecule has 0 saturated heterocycles. The van der Waals surface area contributed by atoms with E-state index in [-0.39, 0.29) is 0 Å². The topological polar surface area (TPSA) is 76.7 Å². The highest BCUT2D eigenvalue weighted by molar-refractivity contribution is 7.22. The summed E-state index contributed by atoms with van der Waals surface area (Å²) in [7, 11) is 0. The summed E-state index contributed by atoms with van der Waals surface area (Å²) in [5.74, 6) is 0. The zero-order chi connectivity index (χ0) is 15.4. The third-order valence-electron chi connectivity index (χ3n) is 2.69. The summed E-state index contributed by atoms with van der Waals surface area (Å²) in [6.45, 7) is 5.06. The summed E-state index contributed by atoms with van der Waals surface area (Å²) < 4.78 is 7.87. The SMILES string of the molecule is CCCOc1nc2sc(Cl)cc2c(=NC(=O)O)n1CCC. The lowest BCUT2D eigenvalue weighted by molar-refractivity contribution is 0.204. The van der Waals surface area contributed by atoms with E-state index in [4.69, 9.17) is 21.4 Å². The number of hydrogen-bond acceptors (Lipinski definition) is 4. The molecular formula is C13H16ClN3O3S. The minimum absolute atomic E-state index is 0.323. The van der Waals surface area contributed by atoms with Gasteiger partial charge < -0.3 is 9.84 Å². The number of rotatable bonds is 5. The second-order valence-electron chi connectivity index (χ2n) is 4.38. The molecule has 0 fully saturated rings. The first kappa shape index (κ1) is 15.8. The van der Waals surface area contributed by atoms with Crippen molar-refractivity contribution < 1.29 is 14.6 Å². The van der Waals surface area contributed by atoms with Gasteiger partial charge in [-0.3, -0.25) is 4.57 Å². The molecule has 0 saturated carbocycles. The quantitative estimate of drug-likeness (QED) is 0.910. The Morgan fingerprint density at radius 1 is 1.52 bits per heavy atom. The second kappa shape index (κ2) is 6.91. The number of aromatic nitrogens is 2. The van der Waals surface area contributed by atoms with E-state index < -0.39 is 6.09 Å². The molecule has 0 aliphatic rings. The van der Waals surface area contributed by atoms with Gasteiger partial charge in [0.05, 0.1) is 16.3 Å². The maximum Gasteiger partial charge on any atom is 0.433 e. The number of nitrogens with zero attached hydrogens (tertiary/aromatic N) is 3. The lowest BCUT2D eigenvalue weighted by Gasteiger charge is -2.13. The largest absolute Gasteiger partial charge is 0.465 e. The molecule has 0 atom stereocenters. The van der Waals surface area contributed by atoms with Crippen LogP contribution in [0.4, 0.5) is 4.79 Å². The molecule has 1 N–H and O–H groups in total. The average molecular weight is 330 g/mol. The van der Waals surface area contributed by atoms with E-state index in [1.165, 1.54) is 11.3 Å². The minimum Gasteiger partial charge on any atom is -0.465 e. The molecule has 8 heteroatoms. The third kappa shape index (κ3) is 3.54. The van der Waals surface area contributed by atoms with Gasteiger partial charge >= 0.3 is 6.09 Å². The Morgan fingerprint density at radius 3 is 2.90 bits per heavy atom. The van der Waals surface area contributed by atoms with Gasteiger partial charge in [-0.15, -0.1) is 11.3 Å². The van der Waals surface area contributed by atoms with Gasteiger partial charge in [-0.25, -0.2) is 4.79 Å². The van der Waals surface area contributed by atoms with E-state index in [0.29, 0.717) is 39.2 Å². The van der Waals surface area contributed by atoms with E-state index in [9.17, 15) is 4.79 Å². The summed E-state index contributed by atoms with van der Waals surface area (Å²) in [5.41, 5.74) is 0.323. The van der Waals surface area contributed by atoms with E-state index >= 15 is 0 Å². The molecule has 2 heterocycles. The van der Waals surface area contributed by atoms with Crippen molar-refractivity contribution in [1.82, 2.24) is 9.55 Å². The molecule has 0 unspecified atom stereocenters. The van der Waals surface area contributed by atoms with Crippen molar-refractivity contribution in [2.24, 2.45) is 4.99 Å². The number of thiophene rings is 1. The maximum atomic E-state index is 11.0. The summed E-state index contributed by atoms with van der Waals surface area (Å²) in [5, 5.41) is 9.65. The zero-order valence-corrected chi connectivity index (χ0v) is 13.4. The van der Waals surface area contributed by atoms with Gasteiger partial charge in [0.2, 0.25) is 0 Å². The lowest BCUT2D eigenvalue weighted by Crippen LogP contribution is -2.25. The van der Waals surface area contributed by atoms with Gasteiger partial charge in [0.1, 0.15) is 4.83 Å². The number of hydrogen-bond donors (Lipinski definition) is 1. The van der Waals surface area contributed by atoms with E-state index in [0.717, 1.165) is 12.8 Å². The van der Waals surface area contributed by atoms with Crippen LogP contribution in [0.5, 0.6) is 6.01 Å². The first-order valence-electron chi connectivity index (χ1n) is 6.67. The molecule has 0 radical (unpaired) electrons. The molecule has 2 rings (SSSR count). The normalized spacial score (nSPS) is 12.0. The van der Waals surface area contributed by atoms with E-state index in [2.05, 4.69) is 9.98 Å². The van der Waals surface area contributed by atoms with Crippen LogP contribution in [0.3, 0.4) is 0 Å². The smallest absolute Gasteiger partial charge is 0.433 e. The molecule has 1 amide bonds. The molecule has 21 heavy (non-hydrogen) atoms. The van der Waals surface area contributed by atoms with Crippen LogP contribution in [-0.2, 0) is 6.54 Å². The highest BCUT2D eigenvalue weighted by atomic mass is 35.5. The van der Waals surface area contributed by atoms with Gasteiger partial charge in [-0.1, -0.05) is 25.4 Å². The highest BCUT2D eigenvalue weighted by Crippen LogP contribution is 2.27. The fraction of sp³-hybridized carbons (Fsp3) is 0.462. The van der Waals surface area contributed by atoms with Crippen LogP contribution in [0, 0.1) is 0 Å². The maximum absolute atomic E-state index is 11.0. The Bertz CT molecular complexity index is 723. The fourth-order valence-corrected chi connectivity index (χ4v) is 2.99. The van der Waals surface area contributed by atoms with E-state index in [1.54, 1.807) is 10.6 Å². The first-order chi connectivity index (χ1) is 10.1. The fourth-order valence-electron chi connectivity index (χ4n) is 1.92. The summed E-state index contributed by atoms with van der Waals surface area (Å²) in [4.78, 5) is 19.8. The van der Waals surface area contributed by atoms with Crippen molar-refractivity contribution in [2.75, 3.05) is 6.61 Å². The predicted octanol–water partition coefficient (Wildman–Crippen LogP) is 3.53.